The highest BCUT2D eigenvalue weighted by Gasteiger charge is 2.57. The topological polar surface area (TPSA) is 63.6 Å². The number of carbonyl (C=O) groups is 2. The third kappa shape index (κ3) is 1.62. The first-order chi connectivity index (χ1) is 8.83. The van der Waals surface area contributed by atoms with Crippen LogP contribution in [0.15, 0.2) is 24.3 Å². The summed E-state index contributed by atoms with van der Waals surface area (Å²) < 4.78 is 5.42. The Bertz CT molecular complexity index is 502. The van der Waals surface area contributed by atoms with Crippen LogP contribution in [0.4, 0.5) is 0 Å². The fourth-order valence-corrected chi connectivity index (χ4v) is 3.85. The van der Waals surface area contributed by atoms with Crippen molar-refractivity contribution in [1.82, 2.24) is 0 Å². The van der Waals surface area contributed by atoms with Crippen LogP contribution in [0.5, 0.6) is 0 Å². The number of aliphatic hydroxyl groups is 1. The molecule has 3 fully saturated rings. The Balaban J connectivity index is 2.05. The molecule has 1 heterocycles. The fraction of sp³-hybridized carbons (Fsp3) is 0.600. The minimum Gasteiger partial charge on any atom is -0.458 e. The monoisotopic (exact) mass is 262 g/mol. The van der Waals surface area contributed by atoms with Gasteiger partial charge in [0.15, 0.2) is 5.78 Å². The van der Waals surface area contributed by atoms with Crippen molar-refractivity contribution >= 4 is 11.8 Å². The highest BCUT2D eigenvalue weighted by molar-refractivity contribution is 5.99. The summed E-state index contributed by atoms with van der Waals surface area (Å²) in [6, 6.07) is 0. The van der Waals surface area contributed by atoms with Crippen LogP contribution in [0.2, 0.25) is 0 Å². The molecule has 1 N–H and O–H groups in total. The summed E-state index contributed by atoms with van der Waals surface area (Å²) in [5.41, 5.74) is 0.0369. The first-order valence-electron chi connectivity index (χ1n) is 6.67. The van der Waals surface area contributed by atoms with Gasteiger partial charge in [-0.25, -0.2) is 4.79 Å². The second-order valence-electron chi connectivity index (χ2n) is 6.18. The van der Waals surface area contributed by atoms with Crippen LogP contribution in [0.1, 0.15) is 26.2 Å². The molecule has 0 unspecified atom stereocenters. The van der Waals surface area contributed by atoms with Crippen molar-refractivity contribution in [1.29, 1.82) is 0 Å². The number of Topliss-reactive ketones (excluding diaryl/α,β-unsaturated/α-hetero) is 1. The van der Waals surface area contributed by atoms with Crippen LogP contribution < -0.4 is 0 Å². The van der Waals surface area contributed by atoms with Crippen LogP contribution in [0.3, 0.4) is 0 Å². The number of ether oxygens (including phenoxy) is 1. The zero-order valence-electron chi connectivity index (χ0n) is 11.0. The van der Waals surface area contributed by atoms with Gasteiger partial charge in [-0.1, -0.05) is 13.2 Å². The molecule has 3 rings (SSSR count). The van der Waals surface area contributed by atoms with Gasteiger partial charge in [-0.3, -0.25) is 4.79 Å². The van der Waals surface area contributed by atoms with Gasteiger partial charge in [0, 0.05) is 29.7 Å². The molecule has 2 saturated carbocycles. The van der Waals surface area contributed by atoms with Gasteiger partial charge in [0.05, 0.1) is 5.60 Å². The van der Waals surface area contributed by atoms with Crippen molar-refractivity contribution in [2.75, 3.05) is 0 Å². The quantitative estimate of drug-likeness (QED) is 0.529. The Hall–Kier alpha value is -1.42. The molecule has 0 aromatic carbocycles. The number of hydrogen-bond donors (Lipinski definition) is 1. The first-order valence-corrected chi connectivity index (χ1v) is 6.67. The molecule has 3 aliphatic rings. The normalized spacial score (nSPS) is 45.8. The molecule has 0 aromatic rings. The smallest absolute Gasteiger partial charge is 0.334 e. The van der Waals surface area contributed by atoms with Gasteiger partial charge >= 0.3 is 5.97 Å². The molecule has 1 saturated heterocycles. The minimum absolute atomic E-state index is 0.0236. The number of hydrogen-bond acceptors (Lipinski definition) is 4. The molecule has 19 heavy (non-hydrogen) atoms. The summed E-state index contributed by atoms with van der Waals surface area (Å²) in [5.74, 6) is -0.969. The average molecular weight is 262 g/mol. The Labute approximate surface area is 112 Å². The average Bonchev–Trinajstić information content (AvgIpc) is 2.74. The summed E-state index contributed by atoms with van der Waals surface area (Å²) in [7, 11) is 0. The molecule has 0 amide bonds. The Morgan fingerprint density at radius 1 is 1.32 bits per heavy atom. The predicted octanol–water partition coefficient (Wildman–Crippen LogP) is 1.39. The number of esters is 1. The molecule has 4 nitrogen and oxygen atoms in total. The number of rotatable bonds is 0. The second kappa shape index (κ2) is 3.79. The molecule has 1 aliphatic heterocycles. The molecule has 4 heteroatoms. The van der Waals surface area contributed by atoms with Crippen LogP contribution in [-0.4, -0.2) is 28.6 Å². The molecule has 2 aliphatic carbocycles. The van der Waals surface area contributed by atoms with E-state index in [1.165, 1.54) is 0 Å². The van der Waals surface area contributed by atoms with Crippen LogP contribution in [-0.2, 0) is 14.3 Å². The fourth-order valence-electron chi connectivity index (χ4n) is 3.85. The molecule has 0 radical (unpaired) electrons. The van der Waals surface area contributed by atoms with Crippen LogP contribution in [0.25, 0.3) is 0 Å². The number of ketones is 1. The summed E-state index contributed by atoms with van der Waals surface area (Å²) in [6.45, 7) is 9.42. The van der Waals surface area contributed by atoms with E-state index in [4.69, 9.17) is 4.74 Å². The first kappa shape index (κ1) is 12.6. The standard InChI is InChI=1S/C15H18O4/c1-7-9-4-5-15(3,18)10-6-11(16)8(2)12(10)13(9)19-14(7)17/h9-10,12-13,18H,1-2,4-6H2,3H3/t9-,10+,12-,13-,15+/m0/s1. The van der Waals surface area contributed by atoms with E-state index >= 15 is 0 Å². The molecule has 102 valence electrons. The van der Waals surface area contributed by atoms with Crippen molar-refractivity contribution in [3.05, 3.63) is 24.3 Å². The van der Waals surface area contributed by atoms with E-state index in [-0.39, 0.29) is 35.6 Å². The van der Waals surface area contributed by atoms with Crippen molar-refractivity contribution in [2.45, 2.75) is 37.9 Å². The second-order valence-corrected chi connectivity index (χ2v) is 6.18. The number of carbonyl (C=O) groups excluding carboxylic acids is 2. The summed E-state index contributed by atoms with van der Waals surface area (Å²) in [4.78, 5) is 23.6. The third-order valence-corrected chi connectivity index (χ3v) is 5.06. The van der Waals surface area contributed by atoms with E-state index in [2.05, 4.69) is 13.2 Å². The number of fused-ring (bicyclic) bond motifs is 3. The maximum absolute atomic E-state index is 11.9. The van der Waals surface area contributed by atoms with Crippen molar-refractivity contribution in [2.24, 2.45) is 17.8 Å². The summed E-state index contributed by atoms with van der Waals surface area (Å²) in [5, 5.41) is 10.6. The predicted molar refractivity (Wildman–Crippen MR) is 68.1 cm³/mol. The molecule has 5 atom stereocenters. The lowest BCUT2D eigenvalue weighted by Crippen LogP contribution is -2.39. The van der Waals surface area contributed by atoms with Crippen molar-refractivity contribution in [3.8, 4) is 0 Å². The van der Waals surface area contributed by atoms with E-state index in [1.54, 1.807) is 6.92 Å². The largest absolute Gasteiger partial charge is 0.458 e. The Kier molecular flexibility index (Phi) is 2.52. The lowest BCUT2D eigenvalue weighted by atomic mass is 9.78. The van der Waals surface area contributed by atoms with E-state index in [0.29, 0.717) is 30.4 Å². The van der Waals surface area contributed by atoms with Gasteiger partial charge < -0.3 is 9.84 Å². The Morgan fingerprint density at radius 2 is 2.00 bits per heavy atom. The molecular weight excluding hydrogens is 244 g/mol. The third-order valence-electron chi connectivity index (χ3n) is 5.06. The lowest BCUT2D eigenvalue weighted by Gasteiger charge is -2.32. The van der Waals surface area contributed by atoms with Crippen molar-refractivity contribution in [3.63, 3.8) is 0 Å². The van der Waals surface area contributed by atoms with E-state index in [1.807, 2.05) is 0 Å². The maximum Gasteiger partial charge on any atom is 0.334 e. The van der Waals surface area contributed by atoms with Crippen molar-refractivity contribution < 1.29 is 19.4 Å². The SMILES string of the molecule is C=C1C(=O)C[C@@H]2[C@H]1[C@H]1OC(=O)C(=C)[C@@H]1CC[C@@]2(C)O. The van der Waals surface area contributed by atoms with Gasteiger partial charge in [0.1, 0.15) is 6.10 Å². The van der Waals surface area contributed by atoms with Gasteiger partial charge in [-0.05, 0) is 25.3 Å². The van der Waals surface area contributed by atoms with Gasteiger partial charge in [0.25, 0.3) is 0 Å². The van der Waals surface area contributed by atoms with Gasteiger partial charge in [-0.2, -0.15) is 0 Å². The van der Waals surface area contributed by atoms with E-state index in [0.717, 1.165) is 0 Å². The summed E-state index contributed by atoms with van der Waals surface area (Å²) >= 11 is 0. The molecule has 0 spiro atoms. The highest BCUT2D eigenvalue weighted by atomic mass is 16.6. The molecule has 0 aromatic heterocycles. The van der Waals surface area contributed by atoms with Crippen LogP contribution >= 0.6 is 0 Å². The van der Waals surface area contributed by atoms with Gasteiger partial charge in [0.2, 0.25) is 0 Å². The zero-order valence-corrected chi connectivity index (χ0v) is 11.0. The summed E-state index contributed by atoms with van der Waals surface area (Å²) in [6.07, 6.45) is 1.13. The molecule has 0 bridgehead atoms. The molecular formula is C15H18O4. The van der Waals surface area contributed by atoms with Gasteiger partial charge in [-0.15, -0.1) is 0 Å². The lowest BCUT2D eigenvalue weighted by molar-refractivity contribution is -0.142. The van der Waals surface area contributed by atoms with Crippen LogP contribution in [0, 0.1) is 17.8 Å². The zero-order chi connectivity index (χ0) is 13.9. The minimum atomic E-state index is -0.920. The van der Waals surface area contributed by atoms with E-state index < -0.39 is 5.60 Å². The Morgan fingerprint density at radius 3 is 2.68 bits per heavy atom. The highest BCUT2D eigenvalue weighted by Crippen LogP contribution is 2.52. The van der Waals surface area contributed by atoms with E-state index in [9.17, 15) is 14.7 Å². The maximum atomic E-state index is 11.9.